The summed E-state index contributed by atoms with van der Waals surface area (Å²) in [6.45, 7) is 3.80. The molecule has 1 heterocycles. The standard InChI is InChI=1S/C11H12BrFO2/c1-11(2)5-9(14)6-3-8(13)7(12)4-10(6)15-11/h3-4,9,14H,5H2,1-2H3. The van der Waals surface area contributed by atoms with Crippen molar-refractivity contribution in [3.63, 3.8) is 0 Å². The fraction of sp³-hybridized carbons (Fsp3) is 0.455. The van der Waals surface area contributed by atoms with Gasteiger partial charge in [-0.3, -0.25) is 0 Å². The Kier molecular flexibility index (Phi) is 2.51. The van der Waals surface area contributed by atoms with Crippen LogP contribution in [0, 0.1) is 5.82 Å². The summed E-state index contributed by atoms with van der Waals surface area (Å²) in [6, 6.07) is 2.88. The summed E-state index contributed by atoms with van der Waals surface area (Å²) in [5.41, 5.74) is 0.110. The molecule has 0 saturated heterocycles. The molecule has 1 atom stereocenters. The normalized spacial score (nSPS) is 23.1. The van der Waals surface area contributed by atoms with Crippen molar-refractivity contribution in [2.24, 2.45) is 0 Å². The Labute approximate surface area is 96.2 Å². The summed E-state index contributed by atoms with van der Waals surface area (Å²) in [4.78, 5) is 0. The number of fused-ring (bicyclic) bond motifs is 1. The lowest BCUT2D eigenvalue weighted by Gasteiger charge is -2.35. The molecule has 1 unspecified atom stereocenters. The highest BCUT2D eigenvalue weighted by molar-refractivity contribution is 9.10. The molecule has 0 amide bonds. The van der Waals surface area contributed by atoms with E-state index in [9.17, 15) is 9.50 Å². The largest absolute Gasteiger partial charge is 0.487 e. The van der Waals surface area contributed by atoms with Crippen molar-refractivity contribution in [3.05, 3.63) is 28.0 Å². The third-order valence-corrected chi connectivity index (χ3v) is 3.09. The van der Waals surface area contributed by atoms with Gasteiger partial charge in [0.1, 0.15) is 17.2 Å². The molecule has 0 bridgehead atoms. The Bertz CT molecular complexity index is 404. The molecule has 0 aromatic heterocycles. The van der Waals surface area contributed by atoms with Gasteiger partial charge in [-0.05, 0) is 41.9 Å². The maximum atomic E-state index is 13.3. The van der Waals surface area contributed by atoms with Crippen LogP contribution < -0.4 is 4.74 Å². The number of hydrogen-bond acceptors (Lipinski definition) is 2. The van der Waals surface area contributed by atoms with Crippen LogP contribution in [0.25, 0.3) is 0 Å². The van der Waals surface area contributed by atoms with Crippen LogP contribution >= 0.6 is 15.9 Å². The molecule has 1 N–H and O–H groups in total. The predicted octanol–water partition coefficient (Wildman–Crippen LogP) is 3.18. The first-order valence-electron chi connectivity index (χ1n) is 4.75. The van der Waals surface area contributed by atoms with E-state index in [1.54, 1.807) is 6.07 Å². The fourth-order valence-corrected chi connectivity index (χ4v) is 2.13. The molecule has 82 valence electrons. The van der Waals surface area contributed by atoms with Crippen LogP contribution in [0.3, 0.4) is 0 Å². The molecule has 15 heavy (non-hydrogen) atoms. The van der Waals surface area contributed by atoms with E-state index in [4.69, 9.17) is 4.74 Å². The van der Waals surface area contributed by atoms with Crippen molar-refractivity contribution < 1.29 is 14.2 Å². The van der Waals surface area contributed by atoms with Crippen molar-refractivity contribution in [2.75, 3.05) is 0 Å². The van der Waals surface area contributed by atoms with E-state index < -0.39 is 11.7 Å². The van der Waals surface area contributed by atoms with Crippen molar-refractivity contribution in [2.45, 2.75) is 32.0 Å². The van der Waals surface area contributed by atoms with Crippen LogP contribution in [0.5, 0.6) is 5.75 Å². The first kappa shape index (κ1) is 10.9. The van der Waals surface area contributed by atoms with Crippen LogP contribution in [-0.2, 0) is 0 Å². The number of benzene rings is 1. The number of rotatable bonds is 0. The zero-order valence-corrected chi connectivity index (χ0v) is 10.1. The molecule has 1 aliphatic rings. The molecule has 0 radical (unpaired) electrons. The Morgan fingerprint density at radius 1 is 1.53 bits per heavy atom. The highest BCUT2D eigenvalue weighted by Crippen LogP contribution is 2.41. The summed E-state index contributed by atoms with van der Waals surface area (Å²) in [6.07, 6.45) is -0.188. The summed E-state index contributed by atoms with van der Waals surface area (Å²) in [7, 11) is 0. The number of aliphatic hydroxyl groups excluding tert-OH is 1. The third-order valence-electron chi connectivity index (χ3n) is 2.48. The second-order valence-corrected chi connectivity index (χ2v) is 5.24. The van der Waals surface area contributed by atoms with Crippen LogP contribution in [0.15, 0.2) is 16.6 Å². The molecular formula is C11H12BrFO2. The second-order valence-electron chi connectivity index (χ2n) is 4.39. The van der Waals surface area contributed by atoms with Crippen LogP contribution in [-0.4, -0.2) is 10.7 Å². The van der Waals surface area contributed by atoms with Gasteiger partial charge in [-0.2, -0.15) is 0 Å². The molecule has 2 rings (SSSR count). The van der Waals surface area contributed by atoms with Gasteiger partial charge in [-0.25, -0.2) is 4.39 Å². The molecule has 4 heteroatoms. The zero-order valence-electron chi connectivity index (χ0n) is 8.55. The van der Waals surface area contributed by atoms with E-state index in [1.807, 2.05) is 13.8 Å². The fourth-order valence-electron chi connectivity index (χ4n) is 1.81. The Morgan fingerprint density at radius 3 is 2.87 bits per heavy atom. The van der Waals surface area contributed by atoms with Crippen molar-refractivity contribution in [1.29, 1.82) is 0 Å². The van der Waals surface area contributed by atoms with E-state index in [2.05, 4.69) is 15.9 Å². The zero-order chi connectivity index (χ0) is 11.2. The smallest absolute Gasteiger partial charge is 0.138 e. The van der Waals surface area contributed by atoms with Gasteiger partial charge < -0.3 is 9.84 Å². The maximum Gasteiger partial charge on any atom is 0.138 e. The van der Waals surface area contributed by atoms with Gasteiger partial charge >= 0.3 is 0 Å². The molecular weight excluding hydrogens is 263 g/mol. The molecule has 0 fully saturated rings. The molecule has 2 nitrogen and oxygen atoms in total. The first-order chi connectivity index (χ1) is 6.89. The molecule has 0 aliphatic carbocycles. The Hall–Kier alpha value is -0.610. The Balaban J connectivity index is 2.51. The highest BCUT2D eigenvalue weighted by Gasteiger charge is 2.33. The summed E-state index contributed by atoms with van der Waals surface area (Å²) >= 11 is 3.10. The monoisotopic (exact) mass is 274 g/mol. The lowest BCUT2D eigenvalue weighted by Crippen LogP contribution is -2.34. The molecule has 1 aromatic carbocycles. The molecule has 0 saturated carbocycles. The van der Waals surface area contributed by atoms with Gasteiger partial charge in [0.05, 0.1) is 10.6 Å². The van der Waals surface area contributed by atoms with Gasteiger partial charge in [0, 0.05) is 12.0 Å². The van der Waals surface area contributed by atoms with Crippen LogP contribution in [0.4, 0.5) is 4.39 Å². The lowest BCUT2D eigenvalue weighted by atomic mass is 9.92. The predicted molar refractivity (Wildman–Crippen MR) is 58.4 cm³/mol. The molecule has 0 spiro atoms. The SMILES string of the molecule is CC1(C)CC(O)c2cc(F)c(Br)cc2O1. The lowest BCUT2D eigenvalue weighted by molar-refractivity contribution is 0.0112. The van der Waals surface area contributed by atoms with E-state index in [1.165, 1.54) is 6.07 Å². The number of ether oxygens (including phenoxy) is 1. The quantitative estimate of drug-likeness (QED) is 0.788. The van der Waals surface area contributed by atoms with Crippen molar-refractivity contribution in [1.82, 2.24) is 0 Å². The van der Waals surface area contributed by atoms with Gasteiger partial charge in [-0.15, -0.1) is 0 Å². The van der Waals surface area contributed by atoms with Gasteiger partial charge in [0.2, 0.25) is 0 Å². The summed E-state index contributed by atoms with van der Waals surface area (Å²) < 4.78 is 19.3. The maximum absolute atomic E-state index is 13.3. The average molecular weight is 275 g/mol. The molecule has 1 aromatic rings. The minimum absolute atomic E-state index is 0.353. The van der Waals surface area contributed by atoms with E-state index in [0.717, 1.165) is 0 Å². The Morgan fingerprint density at radius 2 is 2.20 bits per heavy atom. The van der Waals surface area contributed by atoms with E-state index >= 15 is 0 Å². The minimum atomic E-state index is -0.661. The van der Waals surface area contributed by atoms with Crippen LogP contribution in [0.1, 0.15) is 31.9 Å². The summed E-state index contributed by atoms with van der Waals surface area (Å²) in [5, 5.41) is 9.85. The van der Waals surface area contributed by atoms with Crippen molar-refractivity contribution in [3.8, 4) is 5.75 Å². The van der Waals surface area contributed by atoms with Crippen molar-refractivity contribution >= 4 is 15.9 Å². The van der Waals surface area contributed by atoms with Crippen LogP contribution in [0.2, 0.25) is 0 Å². The highest BCUT2D eigenvalue weighted by atomic mass is 79.9. The number of hydrogen-bond donors (Lipinski definition) is 1. The molecule has 1 aliphatic heterocycles. The number of halogens is 2. The average Bonchev–Trinajstić information content (AvgIpc) is 2.07. The topological polar surface area (TPSA) is 29.5 Å². The minimum Gasteiger partial charge on any atom is -0.487 e. The van der Waals surface area contributed by atoms with E-state index in [-0.39, 0.29) is 5.82 Å². The van der Waals surface area contributed by atoms with E-state index in [0.29, 0.717) is 22.2 Å². The second kappa shape index (κ2) is 3.46. The van der Waals surface area contributed by atoms with Gasteiger partial charge in [0.25, 0.3) is 0 Å². The first-order valence-corrected chi connectivity index (χ1v) is 5.54. The number of aliphatic hydroxyl groups is 1. The van der Waals surface area contributed by atoms with Gasteiger partial charge in [0.15, 0.2) is 0 Å². The van der Waals surface area contributed by atoms with Gasteiger partial charge in [-0.1, -0.05) is 0 Å². The third kappa shape index (κ3) is 2.01. The summed E-state index contributed by atoms with van der Waals surface area (Å²) in [5.74, 6) is 0.170.